The van der Waals surface area contributed by atoms with Crippen molar-refractivity contribution in [1.82, 2.24) is 19.6 Å². The van der Waals surface area contributed by atoms with Crippen LogP contribution in [0.5, 0.6) is 0 Å². The standard InChI is InChI=1S/C15H28N8O/c16-1-5-20(6-2-17)9-11-22-13-14-23(15(22)24)12-10-21(7-3-18)8-4-19/h1-2,5-14,16-17H2. The number of urea groups is 1. The smallest absolute Gasteiger partial charge is 0.320 e. The number of hydrogen-bond donors (Lipinski definition) is 2. The van der Waals surface area contributed by atoms with E-state index in [4.69, 9.17) is 22.0 Å². The summed E-state index contributed by atoms with van der Waals surface area (Å²) in [6.07, 6.45) is 0. The van der Waals surface area contributed by atoms with Crippen molar-refractivity contribution < 1.29 is 4.79 Å². The van der Waals surface area contributed by atoms with E-state index in [0.717, 1.165) is 19.6 Å². The van der Waals surface area contributed by atoms with Gasteiger partial charge in [-0.05, 0) is 0 Å². The van der Waals surface area contributed by atoms with Crippen molar-refractivity contribution in [2.45, 2.75) is 0 Å². The Hall–Kier alpha value is -1.91. The van der Waals surface area contributed by atoms with E-state index in [-0.39, 0.29) is 19.1 Å². The lowest BCUT2D eigenvalue weighted by molar-refractivity contribution is 0.179. The van der Waals surface area contributed by atoms with Crippen molar-refractivity contribution in [2.75, 3.05) is 78.5 Å². The van der Waals surface area contributed by atoms with E-state index < -0.39 is 0 Å². The van der Waals surface area contributed by atoms with Crippen molar-refractivity contribution in [3.63, 3.8) is 0 Å². The third-order valence-corrected chi connectivity index (χ3v) is 4.03. The summed E-state index contributed by atoms with van der Waals surface area (Å²) < 4.78 is 0. The highest BCUT2D eigenvalue weighted by molar-refractivity contribution is 5.76. The van der Waals surface area contributed by atoms with Crippen LogP contribution in [-0.4, -0.2) is 104 Å². The van der Waals surface area contributed by atoms with Crippen LogP contribution in [0.15, 0.2) is 0 Å². The molecule has 0 saturated carbocycles. The summed E-state index contributed by atoms with van der Waals surface area (Å²) in [4.78, 5) is 19.9. The fraction of sp³-hybridized carbons (Fsp3) is 0.800. The number of carbonyl (C=O) groups excluding carboxylic acids is 1. The first kappa shape index (κ1) is 20.1. The Morgan fingerprint density at radius 2 is 1.33 bits per heavy atom. The van der Waals surface area contributed by atoms with Crippen LogP contribution in [0.2, 0.25) is 0 Å². The highest BCUT2D eigenvalue weighted by Gasteiger charge is 2.28. The van der Waals surface area contributed by atoms with Gasteiger partial charge in [-0.2, -0.15) is 10.5 Å². The largest absolute Gasteiger partial charge is 0.329 e. The van der Waals surface area contributed by atoms with E-state index in [9.17, 15) is 4.79 Å². The molecule has 1 heterocycles. The lowest BCUT2D eigenvalue weighted by atomic mass is 10.4. The van der Waals surface area contributed by atoms with Crippen LogP contribution in [-0.2, 0) is 0 Å². The summed E-state index contributed by atoms with van der Waals surface area (Å²) in [5.74, 6) is 0. The second-order valence-corrected chi connectivity index (χ2v) is 5.70. The van der Waals surface area contributed by atoms with E-state index in [2.05, 4.69) is 4.90 Å². The van der Waals surface area contributed by atoms with Gasteiger partial charge in [0.25, 0.3) is 0 Å². The molecule has 0 aliphatic carbocycles. The van der Waals surface area contributed by atoms with Crippen LogP contribution in [0.25, 0.3) is 0 Å². The topological polar surface area (TPSA) is 130 Å². The Morgan fingerprint density at radius 3 is 1.75 bits per heavy atom. The number of nitriles is 2. The van der Waals surface area contributed by atoms with Gasteiger partial charge in [-0.1, -0.05) is 0 Å². The Morgan fingerprint density at radius 1 is 0.875 bits per heavy atom. The molecule has 24 heavy (non-hydrogen) atoms. The molecule has 1 aliphatic rings. The van der Waals surface area contributed by atoms with Gasteiger partial charge in [0.1, 0.15) is 0 Å². The van der Waals surface area contributed by atoms with Gasteiger partial charge in [0.15, 0.2) is 0 Å². The molecule has 0 bridgehead atoms. The summed E-state index contributed by atoms with van der Waals surface area (Å²) in [7, 11) is 0. The molecule has 0 unspecified atom stereocenters. The maximum Gasteiger partial charge on any atom is 0.320 e. The molecule has 2 amide bonds. The van der Waals surface area contributed by atoms with Crippen molar-refractivity contribution >= 4 is 6.03 Å². The number of carbonyl (C=O) groups is 1. The molecule has 0 aromatic rings. The first-order chi connectivity index (χ1) is 11.7. The first-order valence-electron chi connectivity index (χ1n) is 8.28. The van der Waals surface area contributed by atoms with Gasteiger partial charge in [0.05, 0.1) is 25.2 Å². The molecule has 0 radical (unpaired) electrons. The van der Waals surface area contributed by atoms with Gasteiger partial charge in [-0.25, -0.2) is 4.79 Å². The minimum Gasteiger partial charge on any atom is -0.329 e. The molecule has 0 atom stereocenters. The zero-order valence-electron chi connectivity index (χ0n) is 14.2. The van der Waals surface area contributed by atoms with Gasteiger partial charge in [0.2, 0.25) is 0 Å². The number of rotatable bonds is 12. The zero-order valence-corrected chi connectivity index (χ0v) is 14.2. The Bertz CT molecular complexity index is 435. The molecule has 4 N–H and O–H groups in total. The van der Waals surface area contributed by atoms with E-state index in [0.29, 0.717) is 45.8 Å². The molecular weight excluding hydrogens is 308 g/mol. The maximum absolute atomic E-state index is 12.4. The van der Waals surface area contributed by atoms with E-state index in [1.165, 1.54) is 0 Å². The number of nitrogens with zero attached hydrogens (tertiary/aromatic N) is 6. The van der Waals surface area contributed by atoms with Crippen molar-refractivity contribution in [3.8, 4) is 12.1 Å². The molecule has 1 rings (SSSR count). The monoisotopic (exact) mass is 336 g/mol. The molecule has 1 fully saturated rings. The molecule has 1 aliphatic heterocycles. The predicted molar refractivity (Wildman–Crippen MR) is 90.8 cm³/mol. The summed E-state index contributed by atoms with van der Waals surface area (Å²) >= 11 is 0. The molecule has 0 aromatic heterocycles. The van der Waals surface area contributed by atoms with Gasteiger partial charge >= 0.3 is 6.03 Å². The summed E-state index contributed by atoms with van der Waals surface area (Å²) in [5.41, 5.74) is 11.2. The average Bonchev–Trinajstić information content (AvgIpc) is 2.91. The highest BCUT2D eigenvalue weighted by atomic mass is 16.2. The maximum atomic E-state index is 12.4. The van der Waals surface area contributed by atoms with Crippen molar-refractivity contribution in [3.05, 3.63) is 0 Å². The number of hydrogen-bond acceptors (Lipinski definition) is 7. The highest BCUT2D eigenvalue weighted by Crippen LogP contribution is 2.08. The number of amides is 2. The van der Waals surface area contributed by atoms with Crippen LogP contribution in [0.3, 0.4) is 0 Å². The van der Waals surface area contributed by atoms with Gasteiger partial charge in [0, 0.05) is 65.4 Å². The Labute approximate surface area is 144 Å². The van der Waals surface area contributed by atoms with Crippen LogP contribution >= 0.6 is 0 Å². The van der Waals surface area contributed by atoms with Gasteiger partial charge in [-0.3, -0.25) is 9.80 Å². The first-order valence-corrected chi connectivity index (χ1v) is 8.28. The normalized spacial score (nSPS) is 14.5. The lowest BCUT2D eigenvalue weighted by Crippen LogP contribution is -2.42. The van der Waals surface area contributed by atoms with Crippen LogP contribution in [0.4, 0.5) is 4.79 Å². The molecular formula is C15H28N8O. The van der Waals surface area contributed by atoms with E-state index >= 15 is 0 Å². The average molecular weight is 336 g/mol. The minimum atomic E-state index is 0.0179. The van der Waals surface area contributed by atoms with Crippen LogP contribution < -0.4 is 11.5 Å². The predicted octanol–water partition coefficient (Wildman–Crippen LogP) is -1.71. The number of nitrogens with two attached hydrogens (primary N) is 2. The quantitative estimate of drug-likeness (QED) is 0.406. The third kappa shape index (κ3) is 6.69. The SMILES string of the molecule is N#CCN(CC#N)CCN1CCN(CCN(CCN)CCN)C1=O. The third-order valence-electron chi connectivity index (χ3n) is 4.03. The fourth-order valence-corrected chi connectivity index (χ4v) is 2.69. The van der Waals surface area contributed by atoms with Crippen LogP contribution in [0.1, 0.15) is 0 Å². The van der Waals surface area contributed by atoms with Gasteiger partial charge < -0.3 is 21.3 Å². The Balaban J connectivity index is 2.39. The summed E-state index contributed by atoms with van der Waals surface area (Å²) in [5, 5.41) is 17.5. The van der Waals surface area contributed by atoms with Crippen molar-refractivity contribution in [1.29, 1.82) is 10.5 Å². The van der Waals surface area contributed by atoms with E-state index in [1.54, 1.807) is 9.80 Å². The van der Waals surface area contributed by atoms with Crippen molar-refractivity contribution in [2.24, 2.45) is 11.5 Å². The molecule has 134 valence electrons. The van der Waals surface area contributed by atoms with E-state index in [1.807, 2.05) is 17.0 Å². The zero-order chi connectivity index (χ0) is 17.8. The molecule has 1 saturated heterocycles. The summed E-state index contributed by atoms with van der Waals surface area (Å²) in [6, 6.07) is 4.10. The Kier molecular flexibility index (Phi) is 9.73. The summed E-state index contributed by atoms with van der Waals surface area (Å²) in [6.45, 7) is 6.99. The lowest BCUT2D eigenvalue weighted by Gasteiger charge is -2.25. The molecule has 0 spiro atoms. The second-order valence-electron chi connectivity index (χ2n) is 5.70. The minimum absolute atomic E-state index is 0.0179. The second kappa shape index (κ2) is 11.6. The molecule has 9 heteroatoms. The molecule has 0 aromatic carbocycles. The molecule has 9 nitrogen and oxygen atoms in total. The van der Waals surface area contributed by atoms with Crippen LogP contribution in [0, 0.1) is 22.7 Å². The fourth-order valence-electron chi connectivity index (χ4n) is 2.69. The van der Waals surface area contributed by atoms with Gasteiger partial charge in [-0.15, -0.1) is 0 Å².